The molecule has 0 aliphatic rings. The van der Waals surface area contributed by atoms with E-state index in [0.717, 1.165) is 11.1 Å². The van der Waals surface area contributed by atoms with Crippen molar-refractivity contribution in [3.63, 3.8) is 0 Å². The van der Waals surface area contributed by atoms with Crippen molar-refractivity contribution in [3.05, 3.63) is 70.9 Å². The Hall–Kier alpha value is -2.24. The molecule has 0 atom stereocenters. The molecule has 24 heavy (non-hydrogen) atoms. The molecular weight excluding hydrogens is 346 g/mol. The van der Waals surface area contributed by atoms with E-state index in [1.165, 1.54) is 6.26 Å². The van der Waals surface area contributed by atoms with Gasteiger partial charge in [0.15, 0.2) is 0 Å². The van der Waals surface area contributed by atoms with Crippen LogP contribution >= 0.6 is 11.6 Å². The summed E-state index contributed by atoms with van der Waals surface area (Å²) < 4.78 is 33.8. The van der Waals surface area contributed by atoms with E-state index in [2.05, 4.69) is 4.72 Å². The number of sulfonamides is 1. The first-order chi connectivity index (χ1) is 11.4. The van der Waals surface area contributed by atoms with Crippen molar-refractivity contribution in [3.8, 4) is 11.3 Å². The van der Waals surface area contributed by atoms with Gasteiger partial charge in [0, 0.05) is 5.56 Å². The van der Waals surface area contributed by atoms with Gasteiger partial charge in [0.05, 0.1) is 17.0 Å². The largest absolute Gasteiger partial charge is 0.464 e. The van der Waals surface area contributed by atoms with Crippen LogP contribution in [0.4, 0.5) is 5.69 Å². The molecule has 124 valence electrons. The Morgan fingerprint density at radius 2 is 1.83 bits per heavy atom. The number of aryl methyl sites for hydroxylation is 2. The summed E-state index contributed by atoms with van der Waals surface area (Å²) in [4.78, 5) is 0.00147. The van der Waals surface area contributed by atoms with E-state index in [1.807, 2.05) is 26.0 Å². The highest BCUT2D eigenvalue weighted by Gasteiger charge is 2.24. The van der Waals surface area contributed by atoms with Gasteiger partial charge in [-0.3, -0.25) is 4.72 Å². The number of rotatable bonds is 4. The average molecular weight is 362 g/mol. The SMILES string of the molecule is Cc1ccc(NS(=O)(=O)c2c(Cl)cccc2-c2ccco2)c(C)c1. The summed E-state index contributed by atoms with van der Waals surface area (Å²) in [7, 11) is -3.88. The van der Waals surface area contributed by atoms with Crippen molar-refractivity contribution < 1.29 is 12.8 Å². The molecule has 3 rings (SSSR count). The number of hydrogen-bond donors (Lipinski definition) is 1. The summed E-state index contributed by atoms with van der Waals surface area (Å²) in [6, 6.07) is 13.8. The molecule has 1 N–H and O–H groups in total. The zero-order chi connectivity index (χ0) is 17.3. The fraction of sp³-hybridized carbons (Fsp3) is 0.111. The third-order valence-corrected chi connectivity index (χ3v) is 5.54. The molecule has 6 heteroatoms. The molecule has 2 aromatic carbocycles. The third kappa shape index (κ3) is 3.18. The number of halogens is 1. The molecule has 4 nitrogen and oxygen atoms in total. The summed E-state index contributed by atoms with van der Waals surface area (Å²) in [6.07, 6.45) is 1.49. The molecule has 3 aromatic rings. The predicted molar refractivity (Wildman–Crippen MR) is 95.9 cm³/mol. The molecule has 0 unspecified atom stereocenters. The van der Waals surface area contributed by atoms with Gasteiger partial charge in [0.1, 0.15) is 10.7 Å². The van der Waals surface area contributed by atoms with Crippen LogP contribution in [0.15, 0.2) is 64.1 Å². The highest BCUT2D eigenvalue weighted by Crippen LogP contribution is 2.34. The molecule has 0 saturated carbocycles. The normalized spacial score (nSPS) is 11.5. The number of hydrogen-bond acceptors (Lipinski definition) is 3. The first-order valence-electron chi connectivity index (χ1n) is 7.31. The van der Waals surface area contributed by atoms with Gasteiger partial charge in [-0.05, 0) is 49.7 Å². The number of benzene rings is 2. The standard InChI is InChI=1S/C18H16ClNO3S/c1-12-8-9-16(13(2)11-12)20-24(21,22)18-14(5-3-6-15(18)19)17-7-4-10-23-17/h3-11,20H,1-2H3. The van der Waals surface area contributed by atoms with Gasteiger partial charge in [-0.15, -0.1) is 0 Å². The lowest BCUT2D eigenvalue weighted by Crippen LogP contribution is -2.15. The van der Waals surface area contributed by atoms with Crippen LogP contribution in [-0.4, -0.2) is 8.42 Å². The monoisotopic (exact) mass is 361 g/mol. The van der Waals surface area contributed by atoms with Gasteiger partial charge in [-0.2, -0.15) is 0 Å². The Morgan fingerprint density at radius 3 is 2.50 bits per heavy atom. The molecular formula is C18H16ClNO3S. The molecule has 0 aliphatic heterocycles. The molecule has 0 fully saturated rings. The Kier molecular flexibility index (Phi) is 4.39. The topological polar surface area (TPSA) is 59.3 Å². The zero-order valence-electron chi connectivity index (χ0n) is 13.2. The van der Waals surface area contributed by atoms with Gasteiger partial charge >= 0.3 is 0 Å². The van der Waals surface area contributed by atoms with E-state index in [1.54, 1.807) is 36.4 Å². The van der Waals surface area contributed by atoms with Crippen molar-refractivity contribution in [1.82, 2.24) is 0 Å². The van der Waals surface area contributed by atoms with Crippen LogP contribution in [0.5, 0.6) is 0 Å². The maximum absolute atomic E-state index is 12.9. The fourth-order valence-electron chi connectivity index (χ4n) is 2.53. The minimum absolute atomic E-state index is 0.00147. The molecule has 1 heterocycles. The highest BCUT2D eigenvalue weighted by molar-refractivity contribution is 7.93. The van der Waals surface area contributed by atoms with Crippen LogP contribution in [0, 0.1) is 13.8 Å². The number of furan rings is 1. The fourth-order valence-corrected chi connectivity index (χ4v) is 4.41. The molecule has 0 saturated heterocycles. The maximum Gasteiger partial charge on any atom is 0.264 e. The Labute approximate surface area is 146 Å². The summed E-state index contributed by atoms with van der Waals surface area (Å²) >= 11 is 6.20. The van der Waals surface area contributed by atoms with Crippen LogP contribution in [0.2, 0.25) is 5.02 Å². The van der Waals surface area contributed by atoms with Crippen LogP contribution < -0.4 is 4.72 Å². The predicted octanol–water partition coefficient (Wildman–Crippen LogP) is 5.02. The quantitative estimate of drug-likeness (QED) is 0.709. The summed E-state index contributed by atoms with van der Waals surface area (Å²) in [5, 5.41) is 0.140. The molecule has 0 aliphatic carbocycles. The van der Waals surface area contributed by atoms with Crippen LogP contribution in [0.25, 0.3) is 11.3 Å². The van der Waals surface area contributed by atoms with Gasteiger partial charge in [-0.25, -0.2) is 8.42 Å². The second-order valence-corrected chi connectivity index (χ2v) is 7.54. The Morgan fingerprint density at radius 1 is 1.04 bits per heavy atom. The van der Waals surface area contributed by atoms with Crippen molar-refractivity contribution in [1.29, 1.82) is 0 Å². The second kappa shape index (κ2) is 6.34. The van der Waals surface area contributed by atoms with E-state index in [4.69, 9.17) is 16.0 Å². The smallest absolute Gasteiger partial charge is 0.264 e. The van der Waals surface area contributed by atoms with Crippen LogP contribution in [0.3, 0.4) is 0 Å². The van der Waals surface area contributed by atoms with Gasteiger partial charge in [0.25, 0.3) is 10.0 Å². The summed E-state index contributed by atoms with van der Waals surface area (Å²) in [5.74, 6) is 0.443. The van der Waals surface area contributed by atoms with E-state index >= 15 is 0 Å². The zero-order valence-corrected chi connectivity index (χ0v) is 14.8. The Balaban J connectivity index is 2.11. The van der Waals surface area contributed by atoms with Crippen molar-refractivity contribution >= 4 is 27.3 Å². The molecule has 1 aromatic heterocycles. The first kappa shape index (κ1) is 16.6. The van der Waals surface area contributed by atoms with Crippen molar-refractivity contribution in [2.45, 2.75) is 18.7 Å². The van der Waals surface area contributed by atoms with E-state index in [9.17, 15) is 8.42 Å². The number of nitrogens with one attached hydrogen (secondary N) is 1. The molecule has 0 amide bonds. The lowest BCUT2D eigenvalue weighted by molar-refractivity contribution is 0.578. The van der Waals surface area contributed by atoms with E-state index < -0.39 is 10.0 Å². The molecule has 0 spiro atoms. The van der Waals surface area contributed by atoms with Crippen molar-refractivity contribution in [2.75, 3.05) is 4.72 Å². The van der Waals surface area contributed by atoms with Crippen LogP contribution in [0.1, 0.15) is 11.1 Å². The minimum Gasteiger partial charge on any atom is -0.464 e. The van der Waals surface area contributed by atoms with Gasteiger partial charge in [0.2, 0.25) is 0 Å². The van der Waals surface area contributed by atoms with Gasteiger partial charge < -0.3 is 4.42 Å². The lowest BCUT2D eigenvalue weighted by Gasteiger charge is -2.14. The summed E-state index contributed by atoms with van der Waals surface area (Å²) in [6.45, 7) is 3.80. The van der Waals surface area contributed by atoms with Crippen LogP contribution in [-0.2, 0) is 10.0 Å². The summed E-state index contributed by atoms with van der Waals surface area (Å²) in [5.41, 5.74) is 2.84. The van der Waals surface area contributed by atoms with Gasteiger partial charge in [-0.1, -0.05) is 35.4 Å². The number of anilines is 1. The third-order valence-electron chi connectivity index (χ3n) is 3.65. The molecule has 0 bridgehead atoms. The van der Waals surface area contributed by atoms with Crippen molar-refractivity contribution in [2.24, 2.45) is 0 Å². The maximum atomic E-state index is 12.9. The molecule has 0 radical (unpaired) electrons. The average Bonchev–Trinajstić information content (AvgIpc) is 3.04. The minimum atomic E-state index is -3.88. The Bertz CT molecular complexity index is 980. The second-order valence-electron chi connectivity index (χ2n) is 5.52. The van der Waals surface area contributed by atoms with E-state index in [0.29, 0.717) is 17.0 Å². The van der Waals surface area contributed by atoms with E-state index in [-0.39, 0.29) is 9.92 Å². The highest BCUT2D eigenvalue weighted by atomic mass is 35.5. The lowest BCUT2D eigenvalue weighted by atomic mass is 10.1. The first-order valence-corrected chi connectivity index (χ1v) is 9.17.